The molecule has 3 aromatic rings. The number of hydrogen-bond donors (Lipinski definition) is 1. The summed E-state index contributed by atoms with van der Waals surface area (Å²) in [5.41, 5.74) is 1.90. The Hall–Kier alpha value is -2.98. The Bertz CT molecular complexity index is 1220. The summed E-state index contributed by atoms with van der Waals surface area (Å²) in [6.45, 7) is 0.288. The number of amides is 1. The lowest BCUT2D eigenvalue weighted by molar-refractivity contribution is -0.112. The van der Waals surface area contributed by atoms with Crippen molar-refractivity contribution in [2.75, 3.05) is 12.4 Å². The van der Waals surface area contributed by atoms with Crippen molar-refractivity contribution in [2.24, 2.45) is 0 Å². The summed E-state index contributed by atoms with van der Waals surface area (Å²) in [5.74, 6) is 0.387. The van der Waals surface area contributed by atoms with Gasteiger partial charge in [-0.1, -0.05) is 41.4 Å². The first-order valence-electron chi connectivity index (χ1n) is 9.33. The number of halogens is 3. The summed E-state index contributed by atoms with van der Waals surface area (Å²) in [6.07, 6.45) is 1.47. The van der Waals surface area contributed by atoms with Crippen molar-refractivity contribution in [3.05, 3.63) is 91.9 Å². The first-order chi connectivity index (χ1) is 15.4. The molecule has 32 heavy (non-hydrogen) atoms. The van der Waals surface area contributed by atoms with Crippen LogP contribution in [0.4, 0.5) is 5.69 Å². The molecule has 3 rings (SSSR count). The molecule has 0 aliphatic rings. The number of anilines is 1. The van der Waals surface area contributed by atoms with Gasteiger partial charge in [0.25, 0.3) is 5.91 Å². The maximum absolute atomic E-state index is 12.5. The number of nitrogens with zero attached hydrogens (tertiary/aromatic N) is 1. The van der Waals surface area contributed by atoms with E-state index in [0.29, 0.717) is 37.3 Å². The van der Waals surface area contributed by atoms with Gasteiger partial charge in [0.05, 0.1) is 11.6 Å². The van der Waals surface area contributed by atoms with Crippen LogP contribution in [-0.4, -0.2) is 13.0 Å². The van der Waals surface area contributed by atoms with E-state index in [1.54, 1.807) is 42.5 Å². The minimum absolute atomic E-state index is 0.0773. The zero-order valence-electron chi connectivity index (χ0n) is 16.9. The lowest BCUT2D eigenvalue weighted by Crippen LogP contribution is -2.13. The summed E-state index contributed by atoms with van der Waals surface area (Å²) < 4.78 is 12.0. The van der Waals surface area contributed by atoms with Crippen molar-refractivity contribution in [1.29, 1.82) is 5.26 Å². The molecular weight excluding hydrogens is 515 g/mol. The van der Waals surface area contributed by atoms with Gasteiger partial charge in [-0.15, -0.1) is 0 Å². The van der Waals surface area contributed by atoms with Crippen LogP contribution >= 0.6 is 39.1 Å². The van der Waals surface area contributed by atoms with Gasteiger partial charge < -0.3 is 14.8 Å². The van der Waals surface area contributed by atoms with Crippen LogP contribution in [-0.2, 0) is 11.4 Å². The average Bonchev–Trinajstić information content (AvgIpc) is 2.76. The second kappa shape index (κ2) is 11.1. The number of nitrogens with one attached hydrogen (secondary N) is 1. The normalized spacial score (nSPS) is 10.9. The monoisotopic (exact) mass is 530 g/mol. The molecule has 3 aromatic carbocycles. The van der Waals surface area contributed by atoms with Crippen molar-refractivity contribution >= 4 is 56.8 Å². The molecule has 0 aliphatic heterocycles. The largest absolute Gasteiger partial charge is 0.493 e. The zero-order valence-corrected chi connectivity index (χ0v) is 20.0. The van der Waals surface area contributed by atoms with E-state index < -0.39 is 5.91 Å². The number of nitriles is 1. The molecule has 1 amide bonds. The van der Waals surface area contributed by atoms with Crippen molar-refractivity contribution in [1.82, 2.24) is 0 Å². The van der Waals surface area contributed by atoms with E-state index in [4.69, 9.17) is 32.7 Å². The maximum Gasteiger partial charge on any atom is 0.266 e. The second-order valence-electron chi connectivity index (χ2n) is 6.59. The highest BCUT2D eigenvalue weighted by Crippen LogP contribution is 2.38. The molecule has 1 N–H and O–H groups in total. The Morgan fingerprint density at radius 2 is 1.84 bits per heavy atom. The molecule has 0 aliphatic carbocycles. The van der Waals surface area contributed by atoms with Gasteiger partial charge in [0.1, 0.15) is 18.2 Å². The van der Waals surface area contributed by atoms with E-state index in [2.05, 4.69) is 21.2 Å². The third-order valence-corrected chi connectivity index (χ3v) is 5.34. The SMILES string of the molecule is COc1cc(/C=C(\C#N)C(=O)Nc2cccc(Cl)c2)cc(Br)c1OCc1cccc(Cl)c1. The molecule has 0 aromatic heterocycles. The van der Waals surface area contributed by atoms with Crippen LogP contribution in [0.2, 0.25) is 10.0 Å². The van der Waals surface area contributed by atoms with Gasteiger partial charge in [-0.3, -0.25) is 4.79 Å². The third-order valence-electron chi connectivity index (χ3n) is 4.28. The van der Waals surface area contributed by atoms with E-state index in [1.165, 1.54) is 13.2 Å². The summed E-state index contributed by atoms with van der Waals surface area (Å²) in [4.78, 5) is 12.5. The molecule has 0 heterocycles. The Morgan fingerprint density at radius 1 is 1.12 bits per heavy atom. The molecule has 0 bridgehead atoms. The lowest BCUT2D eigenvalue weighted by Gasteiger charge is -2.14. The van der Waals surface area contributed by atoms with Crippen molar-refractivity contribution in [3.63, 3.8) is 0 Å². The fourth-order valence-electron chi connectivity index (χ4n) is 2.83. The van der Waals surface area contributed by atoms with Crippen LogP contribution in [0.15, 0.2) is 70.7 Å². The summed E-state index contributed by atoms with van der Waals surface area (Å²) in [5, 5.41) is 13.3. The molecule has 8 heteroatoms. The highest BCUT2D eigenvalue weighted by atomic mass is 79.9. The van der Waals surface area contributed by atoms with E-state index in [1.807, 2.05) is 24.3 Å². The van der Waals surface area contributed by atoms with E-state index in [0.717, 1.165) is 5.56 Å². The maximum atomic E-state index is 12.5. The van der Waals surface area contributed by atoms with Crippen LogP contribution in [0.5, 0.6) is 11.5 Å². The predicted octanol–water partition coefficient (Wildman–Crippen LogP) is 6.89. The highest BCUT2D eigenvalue weighted by Gasteiger charge is 2.14. The van der Waals surface area contributed by atoms with Gasteiger partial charge in [0, 0.05) is 15.7 Å². The molecule has 0 saturated heterocycles. The Kier molecular flexibility index (Phi) is 8.18. The minimum atomic E-state index is -0.550. The number of benzene rings is 3. The van der Waals surface area contributed by atoms with Gasteiger partial charge >= 0.3 is 0 Å². The molecule has 5 nitrogen and oxygen atoms in total. The first kappa shape index (κ1) is 23.7. The fraction of sp³-hybridized carbons (Fsp3) is 0.0833. The Balaban J connectivity index is 1.82. The number of hydrogen-bond acceptors (Lipinski definition) is 4. The van der Waals surface area contributed by atoms with Crippen LogP contribution < -0.4 is 14.8 Å². The van der Waals surface area contributed by atoms with E-state index in [-0.39, 0.29) is 12.2 Å². The first-order valence-corrected chi connectivity index (χ1v) is 10.9. The van der Waals surface area contributed by atoms with Gasteiger partial charge in [0.15, 0.2) is 11.5 Å². The van der Waals surface area contributed by atoms with Crippen molar-refractivity contribution in [2.45, 2.75) is 6.61 Å². The molecule has 0 saturated carbocycles. The number of carbonyl (C=O) groups excluding carboxylic acids is 1. The van der Waals surface area contributed by atoms with E-state index in [9.17, 15) is 10.1 Å². The number of rotatable bonds is 7. The molecule has 0 spiro atoms. The second-order valence-corrected chi connectivity index (χ2v) is 8.31. The topological polar surface area (TPSA) is 71.3 Å². The van der Waals surface area contributed by atoms with Gasteiger partial charge in [-0.2, -0.15) is 5.26 Å². The summed E-state index contributed by atoms with van der Waals surface area (Å²) in [7, 11) is 1.51. The summed E-state index contributed by atoms with van der Waals surface area (Å²) in [6, 6.07) is 19.4. The standard InChI is InChI=1S/C24H17BrCl2N2O3/c1-31-22-11-16(8-17(13-28)24(30)29-20-7-3-6-19(27)12-20)10-21(25)23(22)32-14-15-4-2-5-18(26)9-15/h2-12H,14H2,1H3,(H,29,30)/b17-8+. The smallest absolute Gasteiger partial charge is 0.266 e. The molecule has 0 atom stereocenters. The van der Waals surface area contributed by atoms with Crippen LogP contribution in [0.25, 0.3) is 6.08 Å². The van der Waals surface area contributed by atoms with Crippen LogP contribution in [0.1, 0.15) is 11.1 Å². The van der Waals surface area contributed by atoms with E-state index >= 15 is 0 Å². The number of carbonyl (C=O) groups is 1. The van der Waals surface area contributed by atoms with Gasteiger partial charge in [0.2, 0.25) is 0 Å². The quantitative estimate of drug-likeness (QED) is 0.266. The molecule has 0 fully saturated rings. The molecule has 0 radical (unpaired) electrons. The fourth-order valence-corrected chi connectivity index (χ4v) is 3.80. The summed E-state index contributed by atoms with van der Waals surface area (Å²) >= 11 is 15.4. The number of ether oxygens (including phenoxy) is 2. The molecule has 162 valence electrons. The number of methoxy groups -OCH3 is 1. The van der Waals surface area contributed by atoms with Crippen LogP contribution in [0.3, 0.4) is 0 Å². The van der Waals surface area contributed by atoms with Gasteiger partial charge in [-0.25, -0.2) is 0 Å². The average molecular weight is 532 g/mol. The zero-order chi connectivity index (χ0) is 23.1. The van der Waals surface area contributed by atoms with Crippen molar-refractivity contribution in [3.8, 4) is 17.6 Å². The minimum Gasteiger partial charge on any atom is -0.493 e. The Morgan fingerprint density at radius 3 is 2.50 bits per heavy atom. The molecule has 0 unspecified atom stereocenters. The molecular formula is C24H17BrCl2N2O3. The third kappa shape index (κ3) is 6.27. The lowest BCUT2D eigenvalue weighted by atomic mass is 10.1. The van der Waals surface area contributed by atoms with Gasteiger partial charge in [-0.05, 0) is 75.6 Å². The highest BCUT2D eigenvalue weighted by molar-refractivity contribution is 9.10. The van der Waals surface area contributed by atoms with Crippen LogP contribution in [0, 0.1) is 11.3 Å². The van der Waals surface area contributed by atoms with Crippen molar-refractivity contribution < 1.29 is 14.3 Å². The Labute approximate surface area is 204 Å². The predicted molar refractivity (Wildman–Crippen MR) is 130 cm³/mol.